The Labute approximate surface area is 219 Å². The molecular weight excluding hydrogens is 526 g/mol. The van der Waals surface area contributed by atoms with E-state index < -0.39 is 25.6 Å². The van der Waals surface area contributed by atoms with Gasteiger partial charge in [-0.1, -0.05) is 5.17 Å². The predicted molar refractivity (Wildman–Crippen MR) is 136 cm³/mol. The predicted octanol–water partition coefficient (Wildman–Crippen LogP) is 4.82. The lowest BCUT2D eigenvalue weighted by atomic mass is 10.2. The molecule has 3 aliphatic rings. The molecule has 3 aliphatic heterocycles. The Morgan fingerprint density at radius 2 is 1.78 bits per heavy atom. The molecule has 0 bridgehead atoms. The Bertz CT molecular complexity index is 1120. The van der Waals surface area contributed by atoms with Gasteiger partial charge >= 0.3 is 13.9 Å². The van der Waals surface area contributed by atoms with Crippen molar-refractivity contribution < 1.29 is 37.0 Å². The molecule has 2 fully saturated rings. The highest BCUT2D eigenvalue weighted by Gasteiger charge is 2.37. The molecule has 1 aromatic carbocycles. The van der Waals surface area contributed by atoms with E-state index in [0.717, 1.165) is 43.5 Å². The van der Waals surface area contributed by atoms with Crippen LogP contribution >= 0.6 is 19.6 Å². The summed E-state index contributed by atoms with van der Waals surface area (Å²) in [4.78, 5) is 31.2. The molecule has 37 heavy (non-hydrogen) atoms. The van der Waals surface area contributed by atoms with Gasteiger partial charge in [0.2, 0.25) is 0 Å². The molecule has 0 spiro atoms. The van der Waals surface area contributed by atoms with Gasteiger partial charge in [-0.05, 0) is 69.5 Å². The van der Waals surface area contributed by atoms with E-state index in [0.29, 0.717) is 36.9 Å². The zero-order valence-corrected chi connectivity index (χ0v) is 22.5. The van der Waals surface area contributed by atoms with Crippen LogP contribution < -0.4 is 4.74 Å². The van der Waals surface area contributed by atoms with Crippen molar-refractivity contribution in [2.75, 3.05) is 39.4 Å². The molecular formula is C23H30FN4O7PS. The smallest absolute Gasteiger partial charge is 0.409 e. The number of ether oxygens (including phenoxy) is 1. The maximum Gasteiger partial charge on any atom is 0.493 e. The van der Waals surface area contributed by atoms with Gasteiger partial charge in [-0.25, -0.2) is 13.8 Å². The molecule has 202 valence electrons. The molecule has 0 radical (unpaired) electrons. The van der Waals surface area contributed by atoms with Gasteiger partial charge in [-0.15, -0.1) is 0 Å². The third-order valence-corrected chi connectivity index (χ3v) is 8.20. The highest BCUT2D eigenvalue weighted by atomic mass is 32.2. The highest BCUT2D eigenvalue weighted by molar-refractivity contribution is 8.18. The summed E-state index contributed by atoms with van der Waals surface area (Å²) in [5, 5.41) is 3.31. The second kappa shape index (κ2) is 12.5. The fourth-order valence-corrected chi connectivity index (χ4v) is 6.09. The Balaban J connectivity index is 1.51. The molecule has 4 rings (SSSR count). The first kappa shape index (κ1) is 27.7. The number of hydrogen-bond donors (Lipinski definition) is 0. The summed E-state index contributed by atoms with van der Waals surface area (Å²) in [6.45, 7) is 5.67. The number of rotatable bonds is 8. The van der Waals surface area contributed by atoms with E-state index in [1.807, 2.05) is 0 Å². The van der Waals surface area contributed by atoms with Crippen LogP contribution in [0.15, 0.2) is 28.1 Å². The summed E-state index contributed by atoms with van der Waals surface area (Å²) in [6.07, 6.45) is 4.30. The lowest BCUT2D eigenvalue weighted by molar-refractivity contribution is -0.212. The quantitative estimate of drug-likeness (QED) is 0.327. The molecule has 14 heteroatoms. The van der Waals surface area contributed by atoms with Gasteiger partial charge in [0.05, 0.1) is 18.1 Å². The molecule has 11 nitrogen and oxygen atoms in total. The van der Waals surface area contributed by atoms with Crippen LogP contribution in [0.5, 0.6) is 5.75 Å². The average Bonchev–Trinajstić information content (AvgIpc) is 3.52. The number of carbonyl (C=O) groups excluding carboxylic acids is 2. The van der Waals surface area contributed by atoms with Crippen LogP contribution in [0.3, 0.4) is 0 Å². The summed E-state index contributed by atoms with van der Waals surface area (Å²) in [5.74, 6) is -1.06. The van der Waals surface area contributed by atoms with Gasteiger partial charge in [0.15, 0.2) is 5.17 Å². The number of hydroxylamine groups is 1. The van der Waals surface area contributed by atoms with Gasteiger partial charge < -0.3 is 9.64 Å². The van der Waals surface area contributed by atoms with E-state index >= 15 is 0 Å². The minimum absolute atomic E-state index is 0.0172. The Hall–Kier alpha value is -2.28. The van der Waals surface area contributed by atoms with Crippen LogP contribution in [-0.2, 0) is 23.0 Å². The van der Waals surface area contributed by atoms with Crippen molar-refractivity contribution >= 4 is 42.8 Å². The van der Waals surface area contributed by atoms with E-state index in [1.54, 1.807) is 23.8 Å². The third kappa shape index (κ3) is 6.98. The minimum atomic E-state index is -3.85. The number of likely N-dealkylation sites (tertiary alicyclic amines) is 1. The first-order valence-corrected chi connectivity index (χ1v) is 14.5. The molecule has 0 atom stereocenters. The number of phosphoric ester groups is 1. The van der Waals surface area contributed by atoms with Crippen LogP contribution in [0, 0.1) is 5.82 Å². The number of hydrogen-bond acceptors (Lipinski definition) is 10. The van der Waals surface area contributed by atoms with Crippen molar-refractivity contribution in [2.45, 2.75) is 39.5 Å². The molecule has 0 aliphatic carbocycles. The molecule has 2 amide bonds. The van der Waals surface area contributed by atoms with Crippen molar-refractivity contribution in [3.63, 3.8) is 0 Å². The number of carbonyl (C=O) groups is 2. The van der Waals surface area contributed by atoms with Gasteiger partial charge in [0, 0.05) is 37.8 Å². The zero-order chi connectivity index (χ0) is 26.4. The highest BCUT2D eigenvalue weighted by Crippen LogP contribution is 2.51. The number of phosphoric acid groups is 1. The lowest BCUT2D eigenvalue weighted by Gasteiger charge is -2.38. The minimum Gasteiger partial charge on any atom is -0.409 e. The van der Waals surface area contributed by atoms with Crippen molar-refractivity contribution in [1.29, 1.82) is 0 Å². The fraction of sp³-hybridized carbons (Fsp3) is 0.522. The number of amides is 2. The summed E-state index contributed by atoms with van der Waals surface area (Å²) in [6, 6.07) is 3.79. The van der Waals surface area contributed by atoms with E-state index in [2.05, 4.69) is 4.99 Å². The summed E-state index contributed by atoms with van der Waals surface area (Å²) in [5.41, 5.74) is 0.366. The van der Waals surface area contributed by atoms with Crippen LogP contribution in [0.4, 0.5) is 9.18 Å². The molecule has 0 saturated carbocycles. The average molecular weight is 557 g/mol. The Morgan fingerprint density at radius 1 is 1.11 bits per heavy atom. The van der Waals surface area contributed by atoms with Crippen molar-refractivity contribution in [2.24, 2.45) is 4.99 Å². The molecule has 2 saturated heterocycles. The molecule has 1 aromatic rings. The van der Waals surface area contributed by atoms with Crippen molar-refractivity contribution in [1.82, 2.24) is 15.1 Å². The molecule has 0 aromatic heterocycles. The normalized spacial score (nSPS) is 20.1. The maximum absolute atomic E-state index is 14.0. The van der Waals surface area contributed by atoms with E-state index in [4.69, 9.17) is 18.4 Å². The number of halogens is 1. The summed E-state index contributed by atoms with van der Waals surface area (Å²) in [7, 11) is -3.85. The second-order valence-electron chi connectivity index (χ2n) is 8.32. The molecule has 0 unspecified atom stereocenters. The van der Waals surface area contributed by atoms with E-state index in [-0.39, 0.29) is 23.9 Å². The lowest BCUT2D eigenvalue weighted by Crippen LogP contribution is -2.48. The third-order valence-electron chi connectivity index (χ3n) is 5.66. The standard InChI is InChI=1S/C23H30FN4O7PS/c1-3-32-36(31,33-4-2)35-28-14-8-7-13-27(28)22-25-21(29)20(37-22)15-17-9-10-18(24)16-19(17)34-23(30)26-11-5-6-12-26/h9-10,15-16H,3-8,11-14H2,1-2H3/b20-15-. The maximum atomic E-state index is 14.0. The topological polar surface area (TPSA) is 110 Å². The van der Waals surface area contributed by atoms with Crippen LogP contribution in [-0.4, -0.2) is 71.6 Å². The van der Waals surface area contributed by atoms with Gasteiger partial charge in [-0.3, -0.25) is 18.9 Å². The first-order valence-electron chi connectivity index (χ1n) is 12.2. The van der Waals surface area contributed by atoms with E-state index in [1.165, 1.54) is 23.4 Å². The zero-order valence-electron chi connectivity index (χ0n) is 20.8. The number of hydrazine groups is 1. The van der Waals surface area contributed by atoms with Crippen molar-refractivity contribution in [3.8, 4) is 5.75 Å². The van der Waals surface area contributed by atoms with Gasteiger partial charge in [0.25, 0.3) is 5.91 Å². The summed E-state index contributed by atoms with van der Waals surface area (Å²) >= 11 is 1.08. The SMILES string of the molecule is CCOP(=O)(OCC)ON1CCCCN1C1=NC(=O)/C(=C/c2ccc(F)cc2OC(=O)N2CCCC2)S1. The van der Waals surface area contributed by atoms with Crippen LogP contribution in [0.1, 0.15) is 45.1 Å². The number of amidine groups is 1. The first-order chi connectivity index (χ1) is 17.8. The summed E-state index contributed by atoms with van der Waals surface area (Å²) < 4.78 is 48.5. The van der Waals surface area contributed by atoms with Gasteiger partial charge in [-0.2, -0.15) is 9.62 Å². The number of thioether (sulfide) groups is 1. The molecule has 3 heterocycles. The largest absolute Gasteiger partial charge is 0.493 e. The monoisotopic (exact) mass is 556 g/mol. The van der Waals surface area contributed by atoms with E-state index in [9.17, 15) is 18.5 Å². The van der Waals surface area contributed by atoms with Crippen LogP contribution in [0.25, 0.3) is 6.08 Å². The second-order valence-corrected chi connectivity index (χ2v) is 10.9. The fourth-order valence-electron chi connectivity index (χ4n) is 3.96. The number of aliphatic imine (C=N–C) groups is 1. The van der Waals surface area contributed by atoms with Crippen LogP contribution in [0.2, 0.25) is 0 Å². The Morgan fingerprint density at radius 3 is 2.49 bits per heavy atom. The number of benzene rings is 1. The number of nitrogens with zero attached hydrogens (tertiary/aromatic N) is 4. The molecule has 0 N–H and O–H groups in total. The van der Waals surface area contributed by atoms with Gasteiger partial charge in [0.1, 0.15) is 11.6 Å². The van der Waals surface area contributed by atoms with Crippen molar-refractivity contribution in [3.05, 3.63) is 34.5 Å². The Kier molecular flexibility index (Phi) is 9.38.